The summed E-state index contributed by atoms with van der Waals surface area (Å²) in [5.74, 6) is -1.22. The SMILES string of the molecule is CC(C)(C)OC(=O)N[C@@H](CC(=O)[O-])c1ccsc1. The molecule has 1 amide bonds. The van der Waals surface area contributed by atoms with E-state index in [1.54, 1.807) is 32.2 Å². The number of hydrogen-bond donors (Lipinski definition) is 1. The number of thiophene rings is 1. The molecule has 1 aromatic rings. The highest BCUT2D eigenvalue weighted by atomic mass is 32.1. The molecule has 0 aliphatic heterocycles. The van der Waals surface area contributed by atoms with E-state index >= 15 is 0 Å². The molecular formula is C12H16NO4S-. The zero-order valence-electron chi connectivity index (χ0n) is 10.6. The van der Waals surface area contributed by atoms with Crippen LogP contribution >= 0.6 is 11.3 Å². The highest BCUT2D eigenvalue weighted by molar-refractivity contribution is 7.07. The maximum Gasteiger partial charge on any atom is 0.408 e. The summed E-state index contributed by atoms with van der Waals surface area (Å²) < 4.78 is 5.09. The van der Waals surface area contributed by atoms with Crippen LogP contribution in [0.3, 0.4) is 0 Å². The van der Waals surface area contributed by atoms with Gasteiger partial charge in [0.15, 0.2) is 0 Å². The highest BCUT2D eigenvalue weighted by Gasteiger charge is 2.20. The van der Waals surface area contributed by atoms with Crippen LogP contribution in [0.25, 0.3) is 0 Å². The second-order valence-corrected chi connectivity index (χ2v) is 5.61. The van der Waals surface area contributed by atoms with Crippen molar-refractivity contribution >= 4 is 23.4 Å². The van der Waals surface area contributed by atoms with Crippen molar-refractivity contribution in [1.29, 1.82) is 0 Å². The minimum Gasteiger partial charge on any atom is -0.550 e. The Morgan fingerprint density at radius 3 is 2.61 bits per heavy atom. The number of carbonyl (C=O) groups excluding carboxylic acids is 2. The van der Waals surface area contributed by atoms with Crippen molar-refractivity contribution in [3.63, 3.8) is 0 Å². The number of ether oxygens (including phenoxy) is 1. The molecule has 0 fully saturated rings. The normalized spacial score (nSPS) is 12.8. The van der Waals surface area contributed by atoms with E-state index in [1.807, 2.05) is 5.38 Å². The minimum atomic E-state index is -1.22. The first-order valence-corrected chi connectivity index (χ1v) is 6.43. The Kier molecular flexibility index (Phi) is 4.72. The molecule has 18 heavy (non-hydrogen) atoms. The number of carboxylic acid groups (broad SMARTS) is 1. The van der Waals surface area contributed by atoms with Crippen LogP contribution in [0.5, 0.6) is 0 Å². The predicted molar refractivity (Wildman–Crippen MR) is 66.1 cm³/mol. The fourth-order valence-corrected chi connectivity index (χ4v) is 2.06. The first-order valence-electron chi connectivity index (χ1n) is 5.49. The van der Waals surface area contributed by atoms with Gasteiger partial charge >= 0.3 is 6.09 Å². The van der Waals surface area contributed by atoms with Crippen molar-refractivity contribution in [1.82, 2.24) is 5.32 Å². The van der Waals surface area contributed by atoms with Crippen molar-refractivity contribution in [2.45, 2.75) is 38.8 Å². The lowest BCUT2D eigenvalue weighted by molar-refractivity contribution is -0.306. The third kappa shape index (κ3) is 5.18. The van der Waals surface area contributed by atoms with Gasteiger partial charge in [0, 0.05) is 12.4 Å². The van der Waals surface area contributed by atoms with Crippen molar-refractivity contribution in [3.05, 3.63) is 22.4 Å². The predicted octanol–water partition coefficient (Wildman–Crippen LogP) is 1.45. The summed E-state index contributed by atoms with van der Waals surface area (Å²) >= 11 is 1.43. The number of aliphatic carboxylic acids is 1. The summed E-state index contributed by atoms with van der Waals surface area (Å²) in [6.45, 7) is 5.22. The maximum absolute atomic E-state index is 11.6. The lowest BCUT2D eigenvalue weighted by Gasteiger charge is -2.23. The van der Waals surface area contributed by atoms with Crippen molar-refractivity contribution in [2.75, 3.05) is 0 Å². The average molecular weight is 270 g/mol. The van der Waals surface area contributed by atoms with E-state index in [0.717, 1.165) is 5.56 Å². The molecular weight excluding hydrogens is 254 g/mol. The maximum atomic E-state index is 11.6. The van der Waals surface area contributed by atoms with Crippen LogP contribution in [0.4, 0.5) is 4.79 Å². The van der Waals surface area contributed by atoms with Gasteiger partial charge in [-0.2, -0.15) is 11.3 Å². The first kappa shape index (κ1) is 14.5. The van der Waals surface area contributed by atoms with Gasteiger partial charge in [-0.3, -0.25) is 0 Å². The molecule has 0 aliphatic carbocycles. The molecule has 5 nitrogen and oxygen atoms in total. The molecule has 1 heterocycles. The molecule has 0 aromatic carbocycles. The van der Waals surface area contributed by atoms with Crippen LogP contribution < -0.4 is 10.4 Å². The summed E-state index contributed by atoms with van der Waals surface area (Å²) in [5.41, 5.74) is 0.111. The monoisotopic (exact) mass is 270 g/mol. The van der Waals surface area contributed by atoms with Gasteiger partial charge in [-0.15, -0.1) is 0 Å². The lowest BCUT2D eigenvalue weighted by atomic mass is 10.1. The molecule has 6 heteroatoms. The molecule has 0 bridgehead atoms. The fraction of sp³-hybridized carbons (Fsp3) is 0.500. The summed E-state index contributed by atoms with van der Waals surface area (Å²) in [7, 11) is 0. The zero-order valence-corrected chi connectivity index (χ0v) is 11.4. The Labute approximate surface area is 110 Å². The van der Waals surface area contributed by atoms with Crippen molar-refractivity contribution in [2.24, 2.45) is 0 Å². The molecule has 0 unspecified atom stereocenters. The number of carboxylic acids is 1. The summed E-state index contributed by atoms with van der Waals surface area (Å²) in [5, 5.41) is 16.8. The first-order chi connectivity index (χ1) is 8.28. The zero-order chi connectivity index (χ0) is 13.8. The van der Waals surface area contributed by atoms with Gasteiger partial charge in [-0.1, -0.05) is 0 Å². The van der Waals surface area contributed by atoms with Crippen molar-refractivity contribution < 1.29 is 19.4 Å². The molecule has 1 aromatic heterocycles. The van der Waals surface area contributed by atoms with E-state index in [9.17, 15) is 14.7 Å². The Balaban J connectivity index is 2.68. The Hall–Kier alpha value is -1.56. The number of nitrogens with one attached hydrogen (secondary N) is 1. The Bertz CT molecular complexity index is 408. The molecule has 1 N–H and O–H groups in total. The van der Waals surface area contributed by atoms with Crippen molar-refractivity contribution in [3.8, 4) is 0 Å². The Morgan fingerprint density at radius 2 is 2.17 bits per heavy atom. The van der Waals surface area contributed by atoms with Crippen LogP contribution in [0.2, 0.25) is 0 Å². The molecule has 0 radical (unpaired) electrons. The van der Waals surface area contributed by atoms with E-state index in [1.165, 1.54) is 11.3 Å². The summed E-state index contributed by atoms with van der Waals surface area (Å²) in [6, 6.07) is 1.13. The number of rotatable bonds is 4. The van der Waals surface area contributed by atoms with Crippen LogP contribution in [0, 0.1) is 0 Å². The number of amides is 1. The third-order valence-corrected chi connectivity index (χ3v) is 2.71. The number of hydrogen-bond acceptors (Lipinski definition) is 5. The van der Waals surface area contributed by atoms with Gasteiger partial charge in [0.25, 0.3) is 0 Å². The fourth-order valence-electron chi connectivity index (χ4n) is 1.34. The van der Waals surface area contributed by atoms with Gasteiger partial charge in [0.1, 0.15) is 5.60 Å². The second-order valence-electron chi connectivity index (χ2n) is 4.83. The Morgan fingerprint density at radius 1 is 1.50 bits per heavy atom. The molecule has 0 saturated heterocycles. The molecule has 100 valence electrons. The highest BCUT2D eigenvalue weighted by Crippen LogP contribution is 2.20. The van der Waals surface area contributed by atoms with Gasteiger partial charge in [-0.05, 0) is 43.2 Å². The molecule has 0 spiro atoms. The van der Waals surface area contributed by atoms with Gasteiger partial charge < -0.3 is 20.0 Å². The van der Waals surface area contributed by atoms with E-state index in [4.69, 9.17) is 4.74 Å². The van der Waals surface area contributed by atoms with E-state index in [-0.39, 0.29) is 6.42 Å². The van der Waals surface area contributed by atoms with Crippen LogP contribution in [-0.2, 0) is 9.53 Å². The molecule has 0 saturated carbocycles. The summed E-state index contributed by atoms with van der Waals surface area (Å²) in [6.07, 6.45) is -0.921. The quantitative estimate of drug-likeness (QED) is 0.898. The molecule has 1 rings (SSSR count). The second kappa shape index (κ2) is 5.86. The van der Waals surface area contributed by atoms with E-state index in [2.05, 4.69) is 5.32 Å². The van der Waals surface area contributed by atoms with Gasteiger partial charge in [0.2, 0.25) is 0 Å². The number of carbonyl (C=O) groups is 2. The van der Waals surface area contributed by atoms with Crippen LogP contribution in [-0.4, -0.2) is 17.7 Å². The van der Waals surface area contributed by atoms with Crippen LogP contribution in [0.15, 0.2) is 16.8 Å². The van der Waals surface area contributed by atoms with E-state index < -0.39 is 23.7 Å². The topological polar surface area (TPSA) is 78.5 Å². The molecule has 1 atom stereocenters. The standard InChI is InChI=1S/C12H17NO4S/c1-12(2,3)17-11(16)13-9(6-10(14)15)8-4-5-18-7-8/h4-5,7,9H,6H2,1-3H3,(H,13,16)(H,14,15)/p-1/t9-/m0/s1. The number of alkyl carbamates (subject to hydrolysis) is 1. The summed E-state index contributed by atoms with van der Waals surface area (Å²) in [4.78, 5) is 22.3. The third-order valence-electron chi connectivity index (χ3n) is 2.01. The van der Waals surface area contributed by atoms with E-state index in [0.29, 0.717) is 0 Å². The largest absolute Gasteiger partial charge is 0.550 e. The molecule has 0 aliphatic rings. The average Bonchev–Trinajstić information content (AvgIpc) is 2.64. The van der Waals surface area contributed by atoms with Crippen LogP contribution in [0.1, 0.15) is 38.8 Å². The smallest absolute Gasteiger partial charge is 0.408 e. The van der Waals surface area contributed by atoms with Gasteiger partial charge in [-0.25, -0.2) is 4.79 Å². The van der Waals surface area contributed by atoms with Gasteiger partial charge in [0.05, 0.1) is 6.04 Å². The lowest BCUT2D eigenvalue weighted by Crippen LogP contribution is -2.37. The minimum absolute atomic E-state index is 0.282.